The minimum Gasteiger partial charge on any atom is -0.259 e. The number of aromatic nitrogens is 2. The average Bonchev–Trinajstić information content (AvgIpc) is 2.72. The van der Waals surface area contributed by atoms with Gasteiger partial charge in [-0.15, -0.1) is 0 Å². The highest BCUT2D eigenvalue weighted by atomic mass is 32.2. The Bertz CT molecular complexity index is 614. The standard InChI is InChI=1S/C13H17F3N2O2S/c14-13(15,16)8-18-12(1-2-17-18)7-21(19,20)6-9-3-10-5-11(10)4-9/h1-2,9-11H,3-8H2. The van der Waals surface area contributed by atoms with E-state index in [9.17, 15) is 21.6 Å². The molecule has 0 aromatic carbocycles. The molecule has 8 heteroatoms. The van der Waals surface area contributed by atoms with Gasteiger partial charge in [-0.05, 0) is 43.1 Å². The molecule has 21 heavy (non-hydrogen) atoms. The quantitative estimate of drug-likeness (QED) is 0.836. The van der Waals surface area contributed by atoms with Gasteiger partial charge in [0.05, 0.1) is 17.2 Å². The van der Waals surface area contributed by atoms with Gasteiger partial charge in [-0.2, -0.15) is 18.3 Å². The first-order chi connectivity index (χ1) is 9.72. The van der Waals surface area contributed by atoms with Crippen molar-refractivity contribution in [3.05, 3.63) is 18.0 Å². The molecule has 4 nitrogen and oxygen atoms in total. The van der Waals surface area contributed by atoms with Crippen LogP contribution in [-0.4, -0.2) is 30.1 Å². The molecule has 3 rings (SSSR count). The largest absolute Gasteiger partial charge is 0.408 e. The lowest BCUT2D eigenvalue weighted by molar-refractivity contribution is -0.142. The average molecular weight is 322 g/mol. The fourth-order valence-electron chi connectivity index (χ4n) is 3.41. The van der Waals surface area contributed by atoms with Gasteiger partial charge in [0.25, 0.3) is 0 Å². The molecule has 1 aromatic heterocycles. The molecule has 0 saturated heterocycles. The Morgan fingerprint density at radius 1 is 1.24 bits per heavy atom. The molecule has 1 aromatic rings. The van der Waals surface area contributed by atoms with Gasteiger partial charge in [-0.1, -0.05) is 0 Å². The molecular formula is C13H17F3N2O2S. The maximum atomic E-state index is 12.4. The number of nitrogens with zero attached hydrogens (tertiary/aromatic N) is 2. The lowest BCUT2D eigenvalue weighted by Gasteiger charge is -2.14. The predicted molar refractivity (Wildman–Crippen MR) is 70.1 cm³/mol. The zero-order chi connectivity index (χ0) is 15.3. The number of alkyl halides is 3. The van der Waals surface area contributed by atoms with E-state index in [0.717, 1.165) is 17.5 Å². The summed E-state index contributed by atoms with van der Waals surface area (Å²) >= 11 is 0. The van der Waals surface area contributed by atoms with E-state index in [-0.39, 0.29) is 23.1 Å². The van der Waals surface area contributed by atoms with Gasteiger partial charge in [0.1, 0.15) is 6.54 Å². The van der Waals surface area contributed by atoms with Crippen molar-refractivity contribution in [1.29, 1.82) is 0 Å². The molecule has 2 fully saturated rings. The highest BCUT2D eigenvalue weighted by Gasteiger charge is 2.46. The molecule has 0 spiro atoms. The maximum absolute atomic E-state index is 12.4. The molecule has 2 aliphatic rings. The maximum Gasteiger partial charge on any atom is 0.408 e. The first kappa shape index (κ1) is 14.9. The summed E-state index contributed by atoms with van der Waals surface area (Å²) in [6.45, 7) is -1.25. The molecule has 0 N–H and O–H groups in total. The van der Waals surface area contributed by atoms with Crippen molar-refractivity contribution in [3.8, 4) is 0 Å². The number of hydrogen-bond donors (Lipinski definition) is 0. The van der Waals surface area contributed by atoms with Gasteiger partial charge in [0.2, 0.25) is 0 Å². The Hall–Kier alpha value is -1.05. The topological polar surface area (TPSA) is 52.0 Å². The monoisotopic (exact) mass is 322 g/mol. The summed E-state index contributed by atoms with van der Waals surface area (Å²) in [5.41, 5.74) is 0.107. The Balaban J connectivity index is 1.63. The summed E-state index contributed by atoms with van der Waals surface area (Å²) in [6, 6.07) is 1.34. The third kappa shape index (κ3) is 3.78. The van der Waals surface area contributed by atoms with E-state index in [0.29, 0.717) is 11.8 Å². The SMILES string of the molecule is O=S(=O)(Cc1ccnn1CC(F)(F)F)CC1CC2CC2C1. The van der Waals surface area contributed by atoms with Gasteiger partial charge in [0, 0.05) is 6.20 Å². The van der Waals surface area contributed by atoms with E-state index in [1.807, 2.05) is 0 Å². The third-order valence-corrected chi connectivity index (χ3v) is 6.05. The van der Waals surface area contributed by atoms with Crippen LogP contribution < -0.4 is 0 Å². The Labute approximate surface area is 121 Å². The molecule has 118 valence electrons. The van der Waals surface area contributed by atoms with Crippen LogP contribution >= 0.6 is 0 Å². The number of fused-ring (bicyclic) bond motifs is 1. The minimum atomic E-state index is -4.41. The first-order valence-corrected chi connectivity index (χ1v) is 8.82. The smallest absolute Gasteiger partial charge is 0.259 e. The number of halogens is 3. The Morgan fingerprint density at radius 3 is 2.52 bits per heavy atom. The fraction of sp³-hybridized carbons (Fsp3) is 0.769. The van der Waals surface area contributed by atoms with Gasteiger partial charge in [-0.3, -0.25) is 4.68 Å². The predicted octanol–water partition coefficient (Wildman–Crippen LogP) is 2.41. The highest BCUT2D eigenvalue weighted by molar-refractivity contribution is 7.90. The van der Waals surface area contributed by atoms with Crippen LogP contribution in [0.25, 0.3) is 0 Å². The minimum absolute atomic E-state index is 0.0806. The van der Waals surface area contributed by atoms with Crippen LogP contribution in [0.2, 0.25) is 0 Å². The normalized spacial score (nSPS) is 28.6. The summed E-state index contributed by atoms with van der Waals surface area (Å²) < 4.78 is 62.3. The lowest BCUT2D eigenvalue weighted by Crippen LogP contribution is -2.23. The second kappa shape index (κ2) is 5.00. The zero-order valence-electron chi connectivity index (χ0n) is 11.4. The molecular weight excluding hydrogens is 305 g/mol. The van der Waals surface area contributed by atoms with Crippen molar-refractivity contribution in [3.63, 3.8) is 0 Å². The molecule has 2 unspecified atom stereocenters. The van der Waals surface area contributed by atoms with Crippen molar-refractivity contribution >= 4 is 9.84 Å². The molecule has 0 radical (unpaired) electrons. The van der Waals surface area contributed by atoms with Crippen molar-refractivity contribution in [1.82, 2.24) is 9.78 Å². The molecule has 2 atom stereocenters. The van der Waals surface area contributed by atoms with Gasteiger partial charge >= 0.3 is 6.18 Å². The zero-order valence-corrected chi connectivity index (χ0v) is 12.2. The van der Waals surface area contributed by atoms with Crippen LogP contribution in [0.3, 0.4) is 0 Å². The van der Waals surface area contributed by atoms with Crippen LogP contribution in [0, 0.1) is 17.8 Å². The van der Waals surface area contributed by atoms with Gasteiger partial charge in [0.15, 0.2) is 9.84 Å². The van der Waals surface area contributed by atoms with Crippen molar-refractivity contribution in [2.75, 3.05) is 5.75 Å². The number of rotatable bonds is 5. The number of hydrogen-bond acceptors (Lipinski definition) is 3. The highest BCUT2D eigenvalue weighted by Crippen LogP contribution is 2.54. The van der Waals surface area contributed by atoms with Crippen LogP contribution in [0.5, 0.6) is 0 Å². The van der Waals surface area contributed by atoms with E-state index in [1.54, 1.807) is 0 Å². The number of sulfone groups is 1. The van der Waals surface area contributed by atoms with Crippen LogP contribution in [0.1, 0.15) is 25.0 Å². The van der Waals surface area contributed by atoms with Crippen LogP contribution in [0.15, 0.2) is 12.3 Å². The van der Waals surface area contributed by atoms with Gasteiger partial charge < -0.3 is 0 Å². The lowest BCUT2D eigenvalue weighted by atomic mass is 10.1. The fourth-order valence-corrected chi connectivity index (χ4v) is 5.22. The Kier molecular flexibility index (Phi) is 3.54. The summed E-state index contributed by atoms with van der Waals surface area (Å²) in [6.07, 6.45) is -0.0784. The summed E-state index contributed by atoms with van der Waals surface area (Å²) in [7, 11) is -3.40. The molecule has 2 aliphatic carbocycles. The summed E-state index contributed by atoms with van der Waals surface area (Å²) in [5.74, 6) is 1.28. The first-order valence-electron chi connectivity index (χ1n) is 7.00. The van der Waals surface area contributed by atoms with Crippen LogP contribution in [-0.2, 0) is 22.1 Å². The molecule has 0 amide bonds. The van der Waals surface area contributed by atoms with Crippen LogP contribution in [0.4, 0.5) is 13.2 Å². The van der Waals surface area contributed by atoms with E-state index in [1.165, 1.54) is 18.7 Å². The molecule has 1 heterocycles. The Morgan fingerprint density at radius 2 is 1.90 bits per heavy atom. The van der Waals surface area contributed by atoms with E-state index in [2.05, 4.69) is 5.10 Å². The van der Waals surface area contributed by atoms with E-state index < -0.39 is 22.6 Å². The molecule has 0 bridgehead atoms. The molecule has 0 aliphatic heterocycles. The third-order valence-electron chi connectivity index (χ3n) is 4.33. The van der Waals surface area contributed by atoms with Crippen molar-refractivity contribution in [2.45, 2.75) is 37.7 Å². The summed E-state index contributed by atoms with van der Waals surface area (Å²) in [4.78, 5) is 0. The van der Waals surface area contributed by atoms with Gasteiger partial charge in [-0.25, -0.2) is 8.42 Å². The summed E-state index contributed by atoms with van der Waals surface area (Å²) in [5, 5.41) is 3.57. The van der Waals surface area contributed by atoms with Crippen molar-refractivity contribution < 1.29 is 21.6 Å². The van der Waals surface area contributed by atoms with Crippen molar-refractivity contribution in [2.24, 2.45) is 17.8 Å². The van der Waals surface area contributed by atoms with E-state index in [4.69, 9.17) is 0 Å². The van der Waals surface area contributed by atoms with E-state index >= 15 is 0 Å². The second-order valence-corrected chi connectivity index (χ2v) is 8.35. The second-order valence-electron chi connectivity index (χ2n) is 6.24. The molecule has 2 saturated carbocycles.